The fourth-order valence-electron chi connectivity index (χ4n) is 2.17. The normalized spacial score (nSPS) is 10.4. The molecule has 0 aliphatic rings. The van der Waals surface area contributed by atoms with Crippen molar-refractivity contribution in [3.05, 3.63) is 51.8 Å². The van der Waals surface area contributed by atoms with Crippen LogP contribution in [-0.2, 0) is 0 Å². The first-order valence-corrected chi connectivity index (χ1v) is 7.16. The van der Waals surface area contributed by atoms with Crippen LogP contribution in [0.2, 0.25) is 5.02 Å². The zero-order valence-corrected chi connectivity index (χ0v) is 13.7. The molecule has 1 heterocycles. The number of anilines is 1. The molecular formula is C16H18ClN3O2. The quantitative estimate of drug-likeness (QED) is 0.912. The number of aromatic nitrogens is 1. The minimum absolute atomic E-state index is 0.181. The van der Waals surface area contributed by atoms with E-state index in [1.807, 2.05) is 13.8 Å². The van der Waals surface area contributed by atoms with E-state index in [4.69, 9.17) is 11.6 Å². The number of nitrogens with one attached hydrogen (secondary N) is 2. The summed E-state index contributed by atoms with van der Waals surface area (Å²) in [5, 5.41) is 3.08. The maximum Gasteiger partial charge on any atom is 0.257 e. The molecule has 1 aromatic heterocycles. The van der Waals surface area contributed by atoms with Crippen LogP contribution in [-0.4, -0.2) is 35.8 Å². The molecule has 0 aliphatic heterocycles. The fourth-order valence-corrected chi connectivity index (χ4v) is 2.43. The molecule has 2 aromatic rings. The third kappa shape index (κ3) is 3.31. The van der Waals surface area contributed by atoms with Gasteiger partial charge in [-0.25, -0.2) is 0 Å². The van der Waals surface area contributed by atoms with Crippen LogP contribution in [0.15, 0.2) is 24.3 Å². The number of carbonyl (C=O) groups excluding carboxylic acids is 2. The first-order valence-electron chi connectivity index (χ1n) is 6.78. The van der Waals surface area contributed by atoms with Crippen molar-refractivity contribution in [2.75, 3.05) is 19.4 Å². The first-order chi connectivity index (χ1) is 10.3. The maximum absolute atomic E-state index is 12.2. The average Bonchev–Trinajstić information content (AvgIpc) is 2.77. The highest BCUT2D eigenvalue weighted by atomic mass is 35.5. The van der Waals surface area contributed by atoms with Crippen molar-refractivity contribution in [3.63, 3.8) is 0 Å². The molecule has 0 atom stereocenters. The lowest BCUT2D eigenvalue weighted by atomic mass is 10.1. The second-order valence-electron chi connectivity index (χ2n) is 5.34. The number of hydrogen-bond acceptors (Lipinski definition) is 2. The Kier molecular flexibility index (Phi) is 4.56. The molecule has 0 unspecified atom stereocenters. The number of aryl methyl sites for hydroxylation is 2. The molecule has 0 spiro atoms. The second kappa shape index (κ2) is 6.23. The van der Waals surface area contributed by atoms with Crippen molar-refractivity contribution in [3.8, 4) is 0 Å². The van der Waals surface area contributed by atoms with E-state index in [-0.39, 0.29) is 11.8 Å². The smallest absolute Gasteiger partial charge is 0.257 e. The largest absolute Gasteiger partial charge is 0.362 e. The van der Waals surface area contributed by atoms with Crippen LogP contribution in [0.25, 0.3) is 0 Å². The Morgan fingerprint density at radius 3 is 2.32 bits per heavy atom. The third-order valence-corrected chi connectivity index (χ3v) is 3.57. The fraction of sp³-hybridized carbons (Fsp3) is 0.250. The number of carbonyl (C=O) groups is 2. The van der Waals surface area contributed by atoms with Crippen LogP contribution in [0.4, 0.5) is 5.69 Å². The van der Waals surface area contributed by atoms with Gasteiger partial charge in [-0.05, 0) is 38.1 Å². The SMILES string of the molecule is Cc1cc(C(=O)Nc2ccc(C(=O)N(C)C)c(Cl)c2)c(C)[nH]1. The van der Waals surface area contributed by atoms with Gasteiger partial charge in [-0.15, -0.1) is 0 Å². The monoisotopic (exact) mass is 319 g/mol. The molecule has 0 saturated heterocycles. The van der Waals surface area contributed by atoms with Gasteiger partial charge in [0.2, 0.25) is 0 Å². The van der Waals surface area contributed by atoms with E-state index in [1.54, 1.807) is 38.4 Å². The molecule has 2 rings (SSSR count). The van der Waals surface area contributed by atoms with Gasteiger partial charge in [-0.3, -0.25) is 9.59 Å². The summed E-state index contributed by atoms with van der Waals surface area (Å²) in [6.07, 6.45) is 0. The molecule has 6 heteroatoms. The molecular weight excluding hydrogens is 302 g/mol. The summed E-state index contributed by atoms with van der Waals surface area (Å²) in [5.41, 5.74) is 3.26. The highest BCUT2D eigenvalue weighted by molar-refractivity contribution is 6.34. The highest BCUT2D eigenvalue weighted by Gasteiger charge is 2.15. The van der Waals surface area contributed by atoms with E-state index in [1.165, 1.54) is 4.90 Å². The molecule has 5 nitrogen and oxygen atoms in total. The predicted octanol–water partition coefficient (Wildman–Crippen LogP) is 3.24. The van der Waals surface area contributed by atoms with Crippen molar-refractivity contribution in [1.82, 2.24) is 9.88 Å². The van der Waals surface area contributed by atoms with Crippen LogP contribution < -0.4 is 5.32 Å². The van der Waals surface area contributed by atoms with Crippen LogP contribution in [0.1, 0.15) is 32.1 Å². The third-order valence-electron chi connectivity index (χ3n) is 3.26. The van der Waals surface area contributed by atoms with Gasteiger partial charge in [0, 0.05) is 31.2 Å². The van der Waals surface area contributed by atoms with Gasteiger partial charge in [-0.1, -0.05) is 11.6 Å². The predicted molar refractivity (Wildman–Crippen MR) is 87.7 cm³/mol. The van der Waals surface area contributed by atoms with Crippen molar-refractivity contribution < 1.29 is 9.59 Å². The standard InChI is InChI=1S/C16H18ClN3O2/c1-9-7-13(10(2)18-9)15(21)19-11-5-6-12(14(17)8-11)16(22)20(3)4/h5-8,18H,1-4H3,(H,19,21). The molecule has 2 N–H and O–H groups in total. The molecule has 0 aliphatic carbocycles. The average molecular weight is 320 g/mol. The van der Waals surface area contributed by atoms with E-state index >= 15 is 0 Å². The van der Waals surface area contributed by atoms with Crippen LogP contribution in [0.5, 0.6) is 0 Å². The zero-order valence-electron chi connectivity index (χ0n) is 13.0. The lowest BCUT2D eigenvalue weighted by Crippen LogP contribution is -2.22. The minimum atomic E-state index is -0.218. The van der Waals surface area contributed by atoms with Crippen molar-refractivity contribution >= 4 is 29.1 Å². The van der Waals surface area contributed by atoms with Gasteiger partial charge in [0.05, 0.1) is 16.1 Å². The molecule has 1 aromatic carbocycles. The number of nitrogens with zero attached hydrogens (tertiary/aromatic N) is 1. The Morgan fingerprint density at radius 2 is 1.82 bits per heavy atom. The number of H-pyrrole nitrogens is 1. The Bertz CT molecular complexity index is 735. The Labute approximate surface area is 134 Å². The number of hydrogen-bond donors (Lipinski definition) is 2. The van der Waals surface area contributed by atoms with Crippen molar-refractivity contribution in [2.24, 2.45) is 0 Å². The molecule has 0 radical (unpaired) electrons. The van der Waals surface area contributed by atoms with Gasteiger partial charge in [0.1, 0.15) is 0 Å². The summed E-state index contributed by atoms with van der Waals surface area (Å²) in [7, 11) is 3.32. The number of rotatable bonds is 3. The summed E-state index contributed by atoms with van der Waals surface area (Å²) in [4.78, 5) is 28.7. The van der Waals surface area contributed by atoms with Crippen molar-refractivity contribution in [1.29, 1.82) is 0 Å². The van der Waals surface area contributed by atoms with E-state index in [0.717, 1.165) is 11.4 Å². The summed E-state index contributed by atoms with van der Waals surface area (Å²) in [6.45, 7) is 3.73. The Morgan fingerprint density at radius 1 is 1.14 bits per heavy atom. The lowest BCUT2D eigenvalue weighted by Gasteiger charge is -2.12. The molecule has 0 bridgehead atoms. The zero-order chi connectivity index (χ0) is 16.4. The summed E-state index contributed by atoms with van der Waals surface area (Å²) in [5.74, 6) is -0.399. The van der Waals surface area contributed by atoms with Gasteiger partial charge < -0.3 is 15.2 Å². The van der Waals surface area contributed by atoms with E-state index in [9.17, 15) is 9.59 Å². The van der Waals surface area contributed by atoms with Crippen molar-refractivity contribution in [2.45, 2.75) is 13.8 Å². The number of aromatic amines is 1. The van der Waals surface area contributed by atoms with E-state index in [2.05, 4.69) is 10.3 Å². The summed E-state index contributed by atoms with van der Waals surface area (Å²) in [6, 6.07) is 6.63. The van der Waals surface area contributed by atoms with Crippen LogP contribution >= 0.6 is 11.6 Å². The number of benzene rings is 1. The molecule has 116 valence electrons. The maximum atomic E-state index is 12.2. The van der Waals surface area contributed by atoms with Gasteiger partial charge in [0.25, 0.3) is 11.8 Å². The summed E-state index contributed by atoms with van der Waals surface area (Å²) >= 11 is 6.13. The Hall–Kier alpha value is -2.27. The molecule has 22 heavy (non-hydrogen) atoms. The van der Waals surface area contributed by atoms with Gasteiger partial charge in [0.15, 0.2) is 0 Å². The van der Waals surface area contributed by atoms with Gasteiger partial charge >= 0.3 is 0 Å². The van der Waals surface area contributed by atoms with Crippen LogP contribution in [0.3, 0.4) is 0 Å². The highest BCUT2D eigenvalue weighted by Crippen LogP contribution is 2.23. The molecule has 2 amide bonds. The summed E-state index contributed by atoms with van der Waals surface area (Å²) < 4.78 is 0. The topological polar surface area (TPSA) is 65.2 Å². The number of amides is 2. The van der Waals surface area contributed by atoms with E-state index in [0.29, 0.717) is 21.8 Å². The van der Waals surface area contributed by atoms with E-state index < -0.39 is 0 Å². The number of halogens is 1. The molecule has 0 saturated carbocycles. The van der Waals surface area contributed by atoms with Crippen LogP contribution in [0, 0.1) is 13.8 Å². The lowest BCUT2D eigenvalue weighted by molar-refractivity contribution is 0.0827. The van der Waals surface area contributed by atoms with Gasteiger partial charge in [-0.2, -0.15) is 0 Å². The molecule has 0 fully saturated rings. The minimum Gasteiger partial charge on any atom is -0.362 e. The first kappa shape index (κ1) is 16.1. The Balaban J connectivity index is 2.21. The second-order valence-corrected chi connectivity index (χ2v) is 5.75.